The summed E-state index contributed by atoms with van der Waals surface area (Å²) >= 11 is 1.84. The maximum Gasteiger partial charge on any atom is 0.166 e. The minimum absolute atomic E-state index is 0.579. The minimum Gasteiger partial charge on any atom is -0.456 e. The lowest BCUT2D eigenvalue weighted by Crippen LogP contribution is -2.03. The highest BCUT2D eigenvalue weighted by molar-refractivity contribution is 7.25. The van der Waals surface area contributed by atoms with Crippen molar-refractivity contribution in [3.8, 4) is 51.0 Å². The number of rotatable bonds is 5. The Labute approximate surface area is 330 Å². The Kier molecular flexibility index (Phi) is 7.03. The van der Waals surface area contributed by atoms with E-state index in [4.69, 9.17) is 19.4 Å². The van der Waals surface area contributed by atoms with E-state index in [9.17, 15) is 0 Å². The predicted octanol–water partition coefficient (Wildman–Crippen LogP) is 13.9. The average molecular weight is 747 g/mol. The molecule has 0 unspecified atom stereocenters. The molecule has 266 valence electrons. The quantitative estimate of drug-likeness (QED) is 0.176. The molecule has 0 radical (unpaired) electrons. The summed E-state index contributed by atoms with van der Waals surface area (Å²) in [4.78, 5) is 15.4. The molecule has 0 aliphatic heterocycles. The fraction of sp³-hybridized carbons (Fsp3) is 0. The first-order valence-electron chi connectivity index (χ1n) is 19.0. The Morgan fingerprint density at radius 1 is 0.386 bits per heavy atom. The van der Waals surface area contributed by atoms with Crippen LogP contribution in [0.4, 0.5) is 0 Å². The van der Waals surface area contributed by atoms with Gasteiger partial charge in [0.2, 0.25) is 0 Å². The molecule has 4 aromatic heterocycles. The highest BCUT2D eigenvalue weighted by Crippen LogP contribution is 2.42. The summed E-state index contributed by atoms with van der Waals surface area (Å²) in [6, 6.07) is 63.7. The molecule has 0 fully saturated rings. The maximum atomic E-state index is 6.56. The zero-order valence-electron chi connectivity index (χ0n) is 30.4. The Balaban J connectivity index is 1.02. The van der Waals surface area contributed by atoms with Gasteiger partial charge in [0.25, 0.3) is 0 Å². The largest absolute Gasteiger partial charge is 0.456 e. The lowest BCUT2D eigenvalue weighted by Gasteiger charge is -2.14. The zero-order chi connectivity index (χ0) is 37.5. The van der Waals surface area contributed by atoms with Crippen molar-refractivity contribution in [3.05, 3.63) is 182 Å². The molecule has 0 saturated carbocycles. The van der Waals surface area contributed by atoms with Gasteiger partial charge in [-0.05, 0) is 71.8 Å². The molecule has 6 heteroatoms. The van der Waals surface area contributed by atoms with Crippen molar-refractivity contribution in [2.75, 3.05) is 0 Å². The summed E-state index contributed by atoms with van der Waals surface area (Å²) in [6.07, 6.45) is 0. The minimum atomic E-state index is 0.579. The molecule has 57 heavy (non-hydrogen) atoms. The van der Waals surface area contributed by atoms with Gasteiger partial charge in [-0.2, -0.15) is 0 Å². The highest BCUT2D eigenvalue weighted by Gasteiger charge is 2.20. The van der Waals surface area contributed by atoms with Gasteiger partial charge in [-0.25, -0.2) is 15.0 Å². The van der Waals surface area contributed by atoms with Crippen LogP contribution in [0.5, 0.6) is 0 Å². The molecule has 0 amide bonds. The van der Waals surface area contributed by atoms with Gasteiger partial charge >= 0.3 is 0 Å². The number of furan rings is 1. The van der Waals surface area contributed by atoms with E-state index in [0.717, 1.165) is 55.3 Å². The molecule has 8 aromatic carbocycles. The van der Waals surface area contributed by atoms with Crippen molar-refractivity contribution in [3.63, 3.8) is 0 Å². The van der Waals surface area contributed by atoms with E-state index >= 15 is 0 Å². The average Bonchev–Trinajstić information content (AvgIpc) is 3.95. The molecule has 0 atom stereocenters. The molecule has 0 spiro atoms. The maximum absolute atomic E-state index is 6.56. The van der Waals surface area contributed by atoms with Crippen LogP contribution in [0, 0.1) is 0 Å². The van der Waals surface area contributed by atoms with Gasteiger partial charge in [0, 0.05) is 58.4 Å². The second-order valence-corrected chi connectivity index (χ2v) is 15.4. The van der Waals surface area contributed by atoms with E-state index < -0.39 is 0 Å². The Morgan fingerprint density at radius 2 is 1.02 bits per heavy atom. The molecule has 12 rings (SSSR count). The van der Waals surface area contributed by atoms with Gasteiger partial charge in [0.15, 0.2) is 17.5 Å². The molecule has 0 N–H and O–H groups in total. The lowest BCUT2D eigenvalue weighted by atomic mass is 9.98. The van der Waals surface area contributed by atoms with Crippen LogP contribution in [-0.4, -0.2) is 19.5 Å². The molecule has 4 heterocycles. The van der Waals surface area contributed by atoms with Gasteiger partial charge in [0.05, 0.1) is 16.7 Å². The van der Waals surface area contributed by atoms with E-state index in [1.165, 1.54) is 42.1 Å². The second-order valence-electron chi connectivity index (χ2n) is 14.4. The third-order valence-electron chi connectivity index (χ3n) is 11.1. The van der Waals surface area contributed by atoms with Gasteiger partial charge in [-0.15, -0.1) is 11.3 Å². The Bertz CT molecular complexity index is 3490. The van der Waals surface area contributed by atoms with E-state index in [2.05, 4.69) is 150 Å². The SMILES string of the molecule is c1ccc(-c2nc(-c3ccc4c(c3)oc3ccc(-c5cccc6sc7ccccc7c56)cc34)nc(-c3ccccc3-n3c4ccccc4c4ccccc43)n2)cc1. The predicted molar refractivity (Wildman–Crippen MR) is 236 cm³/mol. The van der Waals surface area contributed by atoms with Gasteiger partial charge < -0.3 is 8.98 Å². The van der Waals surface area contributed by atoms with E-state index in [-0.39, 0.29) is 0 Å². The van der Waals surface area contributed by atoms with Crippen molar-refractivity contribution >= 4 is 75.3 Å². The van der Waals surface area contributed by atoms with Crippen molar-refractivity contribution < 1.29 is 4.42 Å². The number of hydrogen-bond donors (Lipinski definition) is 0. The van der Waals surface area contributed by atoms with Crippen molar-refractivity contribution in [2.45, 2.75) is 0 Å². The number of thiophene rings is 1. The first-order valence-corrected chi connectivity index (χ1v) is 19.8. The summed E-state index contributed by atoms with van der Waals surface area (Å²) < 4.78 is 11.5. The van der Waals surface area contributed by atoms with E-state index in [1.54, 1.807) is 0 Å². The van der Waals surface area contributed by atoms with Crippen LogP contribution < -0.4 is 0 Å². The monoisotopic (exact) mass is 746 g/mol. The Morgan fingerprint density at radius 3 is 1.84 bits per heavy atom. The molecule has 5 nitrogen and oxygen atoms in total. The van der Waals surface area contributed by atoms with Crippen LogP contribution in [0.1, 0.15) is 0 Å². The molecular weight excluding hydrogens is 717 g/mol. The number of hydrogen-bond acceptors (Lipinski definition) is 5. The smallest absolute Gasteiger partial charge is 0.166 e. The van der Waals surface area contributed by atoms with E-state index in [1.807, 2.05) is 47.7 Å². The van der Waals surface area contributed by atoms with Gasteiger partial charge in [-0.1, -0.05) is 121 Å². The summed E-state index contributed by atoms with van der Waals surface area (Å²) in [7, 11) is 0. The second kappa shape index (κ2) is 12.6. The molecule has 0 bridgehead atoms. The van der Waals surface area contributed by atoms with Crippen LogP contribution in [0.2, 0.25) is 0 Å². The number of fused-ring (bicyclic) bond motifs is 9. The molecule has 0 saturated heterocycles. The van der Waals surface area contributed by atoms with Crippen molar-refractivity contribution in [1.29, 1.82) is 0 Å². The summed E-state index contributed by atoms with van der Waals surface area (Å²) in [5.74, 6) is 1.79. The number of aromatic nitrogens is 4. The normalized spacial score (nSPS) is 11.9. The molecule has 0 aliphatic carbocycles. The van der Waals surface area contributed by atoms with Crippen LogP contribution >= 0.6 is 11.3 Å². The Hall–Kier alpha value is -7.41. The van der Waals surface area contributed by atoms with E-state index in [0.29, 0.717) is 17.5 Å². The summed E-state index contributed by atoms with van der Waals surface area (Å²) in [5.41, 5.74) is 9.96. The zero-order valence-corrected chi connectivity index (χ0v) is 31.2. The number of nitrogens with zero attached hydrogens (tertiary/aromatic N) is 4. The van der Waals surface area contributed by atoms with Crippen molar-refractivity contribution in [2.24, 2.45) is 0 Å². The van der Waals surface area contributed by atoms with Crippen LogP contribution in [0.15, 0.2) is 186 Å². The highest BCUT2D eigenvalue weighted by atomic mass is 32.1. The fourth-order valence-corrected chi connectivity index (χ4v) is 9.61. The first-order chi connectivity index (χ1) is 28.2. The molecular formula is C51H30N4OS. The van der Waals surface area contributed by atoms with Crippen LogP contribution in [0.25, 0.3) is 115 Å². The molecule has 12 aromatic rings. The van der Waals surface area contributed by atoms with Crippen LogP contribution in [-0.2, 0) is 0 Å². The summed E-state index contributed by atoms with van der Waals surface area (Å²) in [6.45, 7) is 0. The van der Waals surface area contributed by atoms with Gasteiger partial charge in [-0.3, -0.25) is 0 Å². The first kappa shape index (κ1) is 31.9. The number of benzene rings is 8. The summed E-state index contributed by atoms with van der Waals surface area (Å²) in [5, 5.41) is 7.12. The fourth-order valence-electron chi connectivity index (χ4n) is 8.48. The van der Waals surface area contributed by atoms with Crippen LogP contribution in [0.3, 0.4) is 0 Å². The standard InChI is InChI=1S/C51H30N4OS/c1-2-13-31(14-3-1)49-52-50(54-51(53-49)38-17-6-10-22-43(38)55-41-20-8-4-15-35(41)36-16-5-9-21-42(36)55)33-25-27-37-40-29-32(26-28-44(40)56-45(37)30-33)34-19-12-24-47-48(34)39-18-7-11-23-46(39)57-47/h1-30H. The van der Waals surface area contributed by atoms with Gasteiger partial charge in [0.1, 0.15) is 11.2 Å². The van der Waals surface area contributed by atoms with Crippen molar-refractivity contribution in [1.82, 2.24) is 19.5 Å². The lowest BCUT2D eigenvalue weighted by molar-refractivity contribution is 0.669. The third-order valence-corrected chi connectivity index (χ3v) is 12.2. The molecule has 0 aliphatic rings. The third kappa shape index (κ3) is 5.04. The number of para-hydroxylation sites is 3. The topological polar surface area (TPSA) is 56.7 Å².